The summed E-state index contributed by atoms with van der Waals surface area (Å²) in [6, 6.07) is 0. The van der Waals surface area contributed by atoms with E-state index >= 15 is 0 Å². The molecule has 1 saturated heterocycles. The Bertz CT molecular complexity index is 778. The summed E-state index contributed by atoms with van der Waals surface area (Å²) in [6.45, 7) is 3.50. The van der Waals surface area contributed by atoms with Crippen LogP contribution in [0.1, 0.15) is 48.4 Å². The van der Waals surface area contributed by atoms with Gasteiger partial charge < -0.3 is 10.0 Å². The molecule has 3 heterocycles. The van der Waals surface area contributed by atoms with Crippen molar-refractivity contribution in [2.45, 2.75) is 51.9 Å². The maximum atomic E-state index is 11.2. The molecule has 4 rings (SSSR count). The number of hydrogen-bond acceptors (Lipinski definition) is 5. The number of hydrogen-bond donors (Lipinski definition) is 1. The van der Waals surface area contributed by atoms with Gasteiger partial charge >= 0.3 is 5.97 Å². The van der Waals surface area contributed by atoms with Crippen molar-refractivity contribution in [1.29, 1.82) is 0 Å². The summed E-state index contributed by atoms with van der Waals surface area (Å²) in [5.41, 5.74) is 1.46. The molecule has 24 heavy (non-hydrogen) atoms. The number of fused-ring (bicyclic) bond motifs is 3. The fourth-order valence-corrected chi connectivity index (χ4v) is 5.29. The fourth-order valence-electron chi connectivity index (χ4n) is 3.99. The van der Waals surface area contributed by atoms with Gasteiger partial charge in [-0.05, 0) is 51.0 Å². The number of rotatable bonds is 2. The second-order valence-electron chi connectivity index (χ2n) is 6.94. The van der Waals surface area contributed by atoms with E-state index in [9.17, 15) is 9.90 Å². The lowest BCUT2D eigenvalue weighted by molar-refractivity contribution is -0.142. The maximum Gasteiger partial charge on any atom is 0.306 e. The van der Waals surface area contributed by atoms with Gasteiger partial charge in [0.1, 0.15) is 16.5 Å². The summed E-state index contributed by atoms with van der Waals surface area (Å²) < 4.78 is 0. The minimum atomic E-state index is -0.664. The number of piperidine rings is 1. The van der Waals surface area contributed by atoms with Crippen molar-refractivity contribution < 1.29 is 9.90 Å². The Morgan fingerprint density at radius 1 is 1.17 bits per heavy atom. The van der Waals surface area contributed by atoms with Crippen molar-refractivity contribution in [2.24, 2.45) is 5.92 Å². The van der Waals surface area contributed by atoms with Crippen LogP contribution in [0.2, 0.25) is 0 Å². The summed E-state index contributed by atoms with van der Waals surface area (Å²) in [5.74, 6) is 0.984. The van der Waals surface area contributed by atoms with Crippen molar-refractivity contribution in [1.82, 2.24) is 9.97 Å². The molecule has 0 bridgehead atoms. The number of aryl methyl sites for hydroxylation is 3. The summed E-state index contributed by atoms with van der Waals surface area (Å²) in [7, 11) is 0. The minimum Gasteiger partial charge on any atom is -0.481 e. The van der Waals surface area contributed by atoms with E-state index in [1.807, 2.05) is 18.3 Å². The monoisotopic (exact) mass is 345 g/mol. The van der Waals surface area contributed by atoms with E-state index in [0.29, 0.717) is 12.8 Å². The van der Waals surface area contributed by atoms with Crippen LogP contribution in [-0.4, -0.2) is 34.1 Å². The number of aromatic nitrogens is 2. The molecule has 1 aliphatic heterocycles. The first-order chi connectivity index (χ1) is 11.6. The van der Waals surface area contributed by atoms with Gasteiger partial charge in [0, 0.05) is 18.0 Å². The third kappa shape index (κ3) is 2.77. The van der Waals surface area contributed by atoms with Gasteiger partial charge in [0.05, 0.1) is 11.3 Å². The third-order valence-electron chi connectivity index (χ3n) is 5.30. The minimum absolute atomic E-state index is 0.209. The van der Waals surface area contributed by atoms with Crippen LogP contribution in [0.25, 0.3) is 10.2 Å². The van der Waals surface area contributed by atoms with E-state index in [0.717, 1.165) is 42.4 Å². The lowest BCUT2D eigenvalue weighted by Gasteiger charge is -2.31. The number of nitrogens with zero attached hydrogens (tertiary/aromatic N) is 3. The smallest absolute Gasteiger partial charge is 0.306 e. The standard InChI is InChI=1S/C18H23N3O2S/c1-11-19-16(21-9-7-12(8-10-21)18(22)23)15-13-5-3-2-4-6-14(13)24-17(15)20-11/h12H,2-10H2,1H3,(H,22,23). The van der Waals surface area contributed by atoms with Crippen molar-refractivity contribution in [3.05, 3.63) is 16.3 Å². The average molecular weight is 345 g/mol. The largest absolute Gasteiger partial charge is 0.481 e. The molecule has 0 spiro atoms. The lowest BCUT2D eigenvalue weighted by Crippen LogP contribution is -2.37. The molecule has 5 nitrogen and oxygen atoms in total. The molecule has 6 heteroatoms. The van der Waals surface area contributed by atoms with Crippen molar-refractivity contribution in [3.63, 3.8) is 0 Å². The van der Waals surface area contributed by atoms with Crippen LogP contribution in [0.3, 0.4) is 0 Å². The number of carbonyl (C=O) groups is 1. The molecule has 0 atom stereocenters. The number of thiophene rings is 1. The van der Waals surface area contributed by atoms with Crippen molar-refractivity contribution >= 4 is 33.3 Å². The van der Waals surface area contributed by atoms with Gasteiger partial charge in [0.2, 0.25) is 0 Å². The molecule has 2 aliphatic rings. The maximum absolute atomic E-state index is 11.2. The number of carboxylic acids is 1. The summed E-state index contributed by atoms with van der Waals surface area (Å²) in [5, 5.41) is 10.5. The molecular formula is C18H23N3O2S. The first kappa shape index (κ1) is 15.8. The first-order valence-electron chi connectivity index (χ1n) is 8.90. The predicted molar refractivity (Wildman–Crippen MR) is 96.0 cm³/mol. The molecular weight excluding hydrogens is 322 g/mol. The zero-order chi connectivity index (χ0) is 16.7. The molecule has 0 unspecified atom stereocenters. The van der Waals surface area contributed by atoms with Gasteiger partial charge in [0.15, 0.2) is 0 Å². The van der Waals surface area contributed by atoms with Crippen LogP contribution in [0.4, 0.5) is 5.82 Å². The van der Waals surface area contributed by atoms with E-state index in [-0.39, 0.29) is 5.92 Å². The van der Waals surface area contributed by atoms with Crippen LogP contribution in [-0.2, 0) is 17.6 Å². The zero-order valence-electron chi connectivity index (χ0n) is 14.0. The molecule has 1 N–H and O–H groups in total. The van der Waals surface area contributed by atoms with Gasteiger partial charge in [-0.1, -0.05) is 6.42 Å². The van der Waals surface area contributed by atoms with E-state index in [1.165, 1.54) is 35.1 Å². The molecule has 1 aliphatic carbocycles. The SMILES string of the molecule is Cc1nc(N2CCC(C(=O)O)CC2)c2c3c(sc2n1)CCCCC3. The Balaban J connectivity index is 1.75. The number of aliphatic carboxylic acids is 1. The van der Waals surface area contributed by atoms with E-state index < -0.39 is 5.97 Å². The molecule has 2 aromatic heterocycles. The highest BCUT2D eigenvalue weighted by Crippen LogP contribution is 2.40. The highest BCUT2D eigenvalue weighted by molar-refractivity contribution is 7.19. The fraction of sp³-hybridized carbons (Fsp3) is 0.611. The molecule has 0 aromatic carbocycles. The second kappa shape index (κ2) is 6.31. The van der Waals surface area contributed by atoms with Crippen LogP contribution >= 0.6 is 11.3 Å². The Morgan fingerprint density at radius 2 is 1.92 bits per heavy atom. The Morgan fingerprint density at radius 3 is 2.67 bits per heavy atom. The zero-order valence-corrected chi connectivity index (χ0v) is 14.9. The Labute approximate surface area is 145 Å². The van der Waals surface area contributed by atoms with Crippen LogP contribution < -0.4 is 4.90 Å². The van der Waals surface area contributed by atoms with Crippen molar-refractivity contribution in [3.8, 4) is 0 Å². The summed E-state index contributed by atoms with van der Waals surface area (Å²) >= 11 is 1.84. The Kier molecular flexibility index (Phi) is 4.16. The van der Waals surface area contributed by atoms with E-state index in [4.69, 9.17) is 9.97 Å². The van der Waals surface area contributed by atoms with Gasteiger partial charge in [-0.15, -0.1) is 11.3 Å². The lowest BCUT2D eigenvalue weighted by atomic mass is 9.96. The molecule has 0 amide bonds. The quantitative estimate of drug-likeness (QED) is 0.843. The summed E-state index contributed by atoms with van der Waals surface area (Å²) in [6.07, 6.45) is 7.50. The number of anilines is 1. The molecule has 0 radical (unpaired) electrons. The molecule has 128 valence electrons. The van der Waals surface area contributed by atoms with Gasteiger partial charge in [-0.3, -0.25) is 4.79 Å². The van der Waals surface area contributed by atoms with Gasteiger partial charge in [-0.2, -0.15) is 0 Å². The molecule has 0 saturated carbocycles. The average Bonchev–Trinajstić information content (AvgIpc) is 2.75. The highest BCUT2D eigenvalue weighted by atomic mass is 32.1. The topological polar surface area (TPSA) is 66.3 Å². The van der Waals surface area contributed by atoms with Crippen LogP contribution in [0.5, 0.6) is 0 Å². The highest BCUT2D eigenvalue weighted by Gasteiger charge is 2.28. The van der Waals surface area contributed by atoms with Gasteiger partial charge in [0.25, 0.3) is 0 Å². The third-order valence-corrected chi connectivity index (χ3v) is 6.49. The predicted octanol–water partition coefficient (Wildman–Crippen LogP) is 3.57. The molecule has 2 aromatic rings. The van der Waals surface area contributed by atoms with E-state index in [2.05, 4.69) is 4.90 Å². The van der Waals surface area contributed by atoms with Crippen molar-refractivity contribution in [2.75, 3.05) is 18.0 Å². The normalized spacial score (nSPS) is 19.3. The Hall–Kier alpha value is -1.69. The first-order valence-corrected chi connectivity index (χ1v) is 9.72. The van der Waals surface area contributed by atoms with Crippen LogP contribution in [0, 0.1) is 12.8 Å². The van der Waals surface area contributed by atoms with E-state index in [1.54, 1.807) is 0 Å². The van der Waals surface area contributed by atoms with Crippen LogP contribution in [0.15, 0.2) is 0 Å². The van der Waals surface area contributed by atoms with Gasteiger partial charge in [-0.25, -0.2) is 9.97 Å². The molecule has 1 fully saturated rings. The second-order valence-corrected chi connectivity index (χ2v) is 8.02. The summed E-state index contributed by atoms with van der Waals surface area (Å²) in [4.78, 5) is 25.6. The number of carboxylic acid groups (broad SMARTS) is 1.